The number of terminal acetylenes is 1. The van der Waals surface area contributed by atoms with Crippen LogP contribution in [-0.2, 0) is 4.74 Å². The van der Waals surface area contributed by atoms with Crippen LogP contribution in [0.5, 0.6) is 0 Å². The molecule has 0 aromatic heterocycles. The largest absolute Gasteiger partial charge is 0.350 e. The SMILES string of the molecule is C#CC1(OC2CNC2)C=CC=CN1.Cl.Cl. The molecule has 0 amide bonds. The van der Waals surface area contributed by atoms with E-state index in [1.165, 1.54) is 0 Å². The molecule has 2 aliphatic heterocycles. The summed E-state index contributed by atoms with van der Waals surface area (Å²) in [6.07, 6.45) is 13.1. The van der Waals surface area contributed by atoms with Crippen molar-refractivity contribution >= 4 is 24.8 Å². The number of nitrogens with one attached hydrogen (secondary N) is 2. The molecule has 2 N–H and O–H groups in total. The second kappa shape index (κ2) is 6.04. The second-order valence-electron chi connectivity index (χ2n) is 3.14. The van der Waals surface area contributed by atoms with Gasteiger partial charge in [0, 0.05) is 13.1 Å². The molecule has 1 saturated heterocycles. The Morgan fingerprint density at radius 1 is 1.33 bits per heavy atom. The molecule has 1 fully saturated rings. The number of rotatable bonds is 2. The van der Waals surface area contributed by atoms with Gasteiger partial charge in [-0.1, -0.05) is 6.08 Å². The van der Waals surface area contributed by atoms with Gasteiger partial charge in [0.05, 0.1) is 6.10 Å². The molecule has 3 nitrogen and oxygen atoms in total. The van der Waals surface area contributed by atoms with Gasteiger partial charge < -0.3 is 15.4 Å². The van der Waals surface area contributed by atoms with Gasteiger partial charge in [-0.05, 0) is 24.3 Å². The first-order valence-electron chi connectivity index (χ1n) is 4.33. The Hall–Kier alpha value is -0.660. The van der Waals surface area contributed by atoms with Crippen LogP contribution < -0.4 is 10.6 Å². The van der Waals surface area contributed by atoms with Crippen LogP contribution in [0.2, 0.25) is 0 Å². The summed E-state index contributed by atoms with van der Waals surface area (Å²) < 4.78 is 5.72. The van der Waals surface area contributed by atoms with E-state index in [0.29, 0.717) is 0 Å². The summed E-state index contributed by atoms with van der Waals surface area (Å²) in [4.78, 5) is 0. The normalized spacial score (nSPS) is 27.7. The molecule has 0 spiro atoms. The molecule has 1 atom stereocenters. The van der Waals surface area contributed by atoms with E-state index in [4.69, 9.17) is 11.2 Å². The van der Waals surface area contributed by atoms with Gasteiger partial charge in [-0.15, -0.1) is 31.2 Å². The maximum atomic E-state index is 5.72. The van der Waals surface area contributed by atoms with Gasteiger partial charge in [0.2, 0.25) is 5.72 Å². The van der Waals surface area contributed by atoms with Crippen molar-refractivity contribution in [1.82, 2.24) is 10.6 Å². The Morgan fingerprint density at radius 2 is 2.07 bits per heavy atom. The predicted molar refractivity (Wildman–Crippen MR) is 65.2 cm³/mol. The van der Waals surface area contributed by atoms with Crippen molar-refractivity contribution in [3.05, 3.63) is 24.4 Å². The summed E-state index contributed by atoms with van der Waals surface area (Å²) in [6, 6.07) is 0. The number of hydrogen-bond donors (Lipinski definition) is 2. The van der Waals surface area contributed by atoms with E-state index >= 15 is 0 Å². The van der Waals surface area contributed by atoms with E-state index in [2.05, 4.69) is 16.6 Å². The van der Waals surface area contributed by atoms with Crippen molar-refractivity contribution in [2.24, 2.45) is 0 Å². The molecule has 2 rings (SSSR count). The van der Waals surface area contributed by atoms with E-state index in [0.717, 1.165) is 13.1 Å². The van der Waals surface area contributed by atoms with E-state index < -0.39 is 5.72 Å². The predicted octanol–water partition coefficient (Wildman–Crippen LogP) is 0.821. The van der Waals surface area contributed by atoms with E-state index in [1.54, 1.807) is 6.20 Å². The molecule has 0 aromatic carbocycles. The molecule has 0 aromatic rings. The minimum absolute atomic E-state index is 0. The molecule has 84 valence electrons. The highest BCUT2D eigenvalue weighted by Crippen LogP contribution is 2.16. The molecule has 0 saturated carbocycles. The van der Waals surface area contributed by atoms with Crippen LogP contribution >= 0.6 is 24.8 Å². The highest BCUT2D eigenvalue weighted by molar-refractivity contribution is 5.85. The Kier molecular flexibility index (Phi) is 5.77. The summed E-state index contributed by atoms with van der Waals surface area (Å²) in [6.45, 7) is 1.76. The first-order valence-corrected chi connectivity index (χ1v) is 4.33. The lowest BCUT2D eigenvalue weighted by molar-refractivity contribution is -0.0628. The minimum Gasteiger partial charge on any atom is -0.350 e. The maximum absolute atomic E-state index is 5.72. The Labute approximate surface area is 102 Å². The number of halogens is 2. The Bertz CT molecular complexity index is 294. The van der Waals surface area contributed by atoms with Gasteiger partial charge in [-0.25, -0.2) is 0 Å². The average molecular weight is 249 g/mol. The summed E-state index contributed by atoms with van der Waals surface area (Å²) in [7, 11) is 0. The minimum atomic E-state index is -0.735. The van der Waals surface area contributed by atoms with Gasteiger partial charge in [0.15, 0.2) is 0 Å². The third kappa shape index (κ3) is 3.15. The molecular weight excluding hydrogens is 235 g/mol. The fourth-order valence-corrected chi connectivity index (χ4v) is 1.27. The second-order valence-corrected chi connectivity index (χ2v) is 3.14. The van der Waals surface area contributed by atoms with Crippen molar-refractivity contribution < 1.29 is 4.74 Å². The van der Waals surface area contributed by atoms with Gasteiger partial charge >= 0.3 is 0 Å². The van der Waals surface area contributed by atoms with Crippen LogP contribution in [0, 0.1) is 12.3 Å². The summed E-state index contributed by atoms with van der Waals surface area (Å²) >= 11 is 0. The molecule has 15 heavy (non-hydrogen) atoms. The van der Waals surface area contributed by atoms with E-state index in [1.807, 2.05) is 18.2 Å². The molecule has 2 heterocycles. The first-order chi connectivity index (χ1) is 6.35. The Balaban J connectivity index is 0.000000980. The van der Waals surface area contributed by atoms with E-state index in [-0.39, 0.29) is 30.9 Å². The zero-order valence-corrected chi connectivity index (χ0v) is 9.74. The van der Waals surface area contributed by atoms with Crippen molar-refractivity contribution in [2.75, 3.05) is 13.1 Å². The van der Waals surface area contributed by atoms with Crippen molar-refractivity contribution in [1.29, 1.82) is 0 Å². The number of dihydropyridines is 1. The molecular formula is C10H14Cl2N2O. The number of ether oxygens (including phenoxy) is 1. The molecule has 0 radical (unpaired) electrons. The van der Waals surface area contributed by atoms with Crippen molar-refractivity contribution in [3.8, 4) is 12.3 Å². The molecule has 1 unspecified atom stereocenters. The van der Waals surface area contributed by atoms with Crippen LogP contribution in [-0.4, -0.2) is 24.9 Å². The van der Waals surface area contributed by atoms with Crippen LogP contribution in [0.4, 0.5) is 0 Å². The fraction of sp³-hybridized carbons (Fsp3) is 0.400. The fourth-order valence-electron chi connectivity index (χ4n) is 1.27. The standard InChI is InChI=1S/C10H12N2O.2ClH/c1-2-10(5-3-4-6-12-10)13-9-7-11-8-9;;/h1,3-6,9,11-12H,7-8H2;2*1H. The summed E-state index contributed by atoms with van der Waals surface area (Å²) in [5, 5.41) is 6.16. The smallest absolute Gasteiger partial charge is 0.222 e. The third-order valence-corrected chi connectivity index (χ3v) is 2.15. The molecule has 0 aliphatic carbocycles. The lowest BCUT2D eigenvalue weighted by Crippen LogP contribution is -2.56. The quantitative estimate of drug-likeness (QED) is 0.711. The van der Waals surface area contributed by atoms with Crippen molar-refractivity contribution in [2.45, 2.75) is 11.8 Å². The van der Waals surface area contributed by atoms with E-state index in [9.17, 15) is 0 Å². The first kappa shape index (κ1) is 14.3. The molecule has 2 aliphatic rings. The Morgan fingerprint density at radius 3 is 2.47 bits per heavy atom. The van der Waals surface area contributed by atoms with Crippen LogP contribution in [0.25, 0.3) is 0 Å². The van der Waals surface area contributed by atoms with Crippen LogP contribution in [0.1, 0.15) is 0 Å². The van der Waals surface area contributed by atoms with Gasteiger partial charge in [0.1, 0.15) is 0 Å². The topological polar surface area (TPSA) is 33.3 Å². The summed E-state index contributed by atoms with van der Waals surface area (Å²) in [5.41, 5.74) is -0.735. The monoisotopic (exact) mass is 248 g/mol. The van der Waals surface area contributed by atoms with Gasteiger partial charge in [-0.2, -0.15) is 0 Å². The average Bonchev–Trinajstić information content (AvgIpc) is 2.13. The zero-order chi connectivity index (χ0) is 9.15. The lowest BCUT2D eigenvalue weighted by Gasteiger charge is -2.36. The highest BCUT2D eigenvalue weighted by atomic mass is 35.5. The van der Waals surface area contributed by atoms with Crippen LogP contribution in [0.15, 0.2) is 24.4 Å². The van der Waals surface area contributed by atoms with Crippen LogP contribution in [0.3, 0.4) is 0 Å². The third-order valence-electron chi connectivity index (χ3n) is 2.15. The van der Waals surface area contributed by atoms with Gasteiger partial charge in [0.25, 0.3) is 0 Å². The highest BCUT2D eigenvalue weighted by Gasteiger charge is 2.31. The van der Waals surface area contributed by atoms with Crippen molar-refractivity contribution in [3.63, 3.8) is 0 Å². The maximum Gasteiger partial charge on any atom is 0.222 e. The van der Waals surface area contributed by atoms with Gasteiger partial charge in [-0.3, -0.25) is 0 Å². The number of allylic oxidation sites excluding steroid dienone is 2. The molecule has 0 bridgehead atoms. The zero-order valence-electron chi connectivity index (χ0n) is 8.10. The number of hydrogen-bond acceptors (Lipinski definition) is 3. The molecule has 5 heteroatoms. The summed E-state index contributed by atoms with van der Waals surface area (Å²) in [5.74, 6) is 2.62. The lowest BCUT2D eigenvalue weighted by atomic mass is 10.1.